The lowest BCUT2D eigenvalue weighted by Gasteiger charge is -2.29. The molecule has 1 aromatic rings. The van der Waals surface area contributed by atoms with E-state index in [4.69, 9.17) is 11.6 Å². The highest BCUT2D eigenvalue weighted by Gasteiger charge is 2.39. The van der Waals surface area contributed by atoms with E-state index in [-0.39, 0.29) is 5.82 Å². The number of fused-ring (bicyclic) bond motifs is 1. The molecule has 80 valence electrons. The molecular weight excluding hydrogens is 215 g/mol. The fraction of sp³-hybridized carbons (Fsp3) is 0.455. The summed E-state index contributed by atoms with van der Waals surface area (Å²) in [5, 5.41) is 3.80. The van der Waals surface area contributed by atoms with Crippen LogP contribution in [0.25, 0.3) is 0 Å². The summed E-state index contributed by atoms with van der Waals surface area (Å²) < 4.78 is 13.6. The summed E-state index contributed by atoms with van der Waals surface area (Å²) >= 11 is 5.72. The van der Waals surface area contributed by atoms with Crippen molar-refractivity contribution in [3.63, 3.8) is 0 Å². The van der Waals surface area contributed by atoms with Crippen molar-refractivity contribution < 1.29 is 4.39 Å². The lowest BCUT2D eigenvalue weighted by Crippen LogP contribution is -2.51. The summed E-state index contributed by atoms with van der Waals surface area (Å²) in [5.74, 6) is 0.476. The molecule has 3 rings (SSSR count). The Kier molecular flexibility index (Phi) is 2.11. The number of halogens is 2. The number of rotatable bonds is 1. The van der Waals surface area contributed by atoms with Gasteiger partial charge in [-0.15, -0.1) is 0 Å². The third-order valence-electron chi connectivity index (χ3n) is 3.33. The Morgan fingerprint density at radius 3 is 2.80 bits per heavy atom. The minimum absolute atomic E-state index is 0.219. The molecule has 2 heterocycles. The molecule has 0 saturated carbocycles. The van der Waals surface area contributed by atoms with Gasteiger partial charge >= 0.3 is 0 Å². The monoisotopic (exact) mass is 226 g/mol. The molecule has 0 aromatic heterocycles. The van der Waals surface area contributed by atoms with Gasteiger partial charge in [0.05, 0.1) is 5.69 Å². The van der Waals surface area contributed by atoms with Crippen LogP contribution in [0.4, 0.5) is 10.1 Å². The van der Waals surface area contributed by atoms with Gasteiger partial charge < -0.3 is 10.2 Å². The Labute approximate surface area is 93.0 Å². The number of hydrogen-bond donors (Lipinski definition) is 1. The minimum Gasteiger partial charge on any atom is -0.367 e. The first-order valence-electron chi connectivity index (χ1n) is 5.17. The van der Waals surface area contributed by atoms with Crippen molar-refractivity contribution in [1.82, 2.24) is 5.32 Å². The van der Waals surface area contributed by atoms with Crippen molar-refractivity contribution >= 4 is 17.3 Å². The van der Waals surface area contributed by atoms with Gasteiger partial charge in [0.25, 0.3) is 0 Å². The van der Waals surface area contributed by atoms with Gasteiger partial charge in [-0.2, -0.15) is 0 Å². The molecule has 15 heavy (non-hydrogen) atoms. The van der Waals surface area contributed by atoms with Crippen molar-refractivity contribution in [1.29, 1.82) is 0 Å². The second kappa shape index (κ2) is 3.35. The predicted octanol–water partition coefficient (Wildman–Crippen LogP) is 1.89. The Hall–Kier alpha value is -0.800. The second-order valence-electron chi connectivity index (χ2n) is 4.28. The Morgan fingerprint density at radius 1 is 1.40 bits per heavy atom. The van der Waals surface area contributed by atoms with Gasteiger partial charge in [0, 0.05) is 36.6 Å². The van der Waals surface area contributed by atoms with E-state index < -0.39 is 0 Å². The molecule has 0 spiro atoms. The fourth-order valence-electron chi connectivity index (χ4n) is 2.39. The summed E-state index contributed by atoms with van der Waals surface area (Å²) in [5.41, 5.74) is 0.676. The molecular formula is C11H12ClFN2. The molecule has 2 atom stereocenters. The van der Waals surface area contributed by atoms with Gasteiger partial charge in [-0.25, -0.2) is 4.39 Å². The molecule has 0 bridgehead atoms. The molecule has 2 saturated heterocycles. The van der Waals surface area contributed by atoms with Crippen LogP contribution in [0.2, 0.25) is 5.02 Å². The third-order valence-corrected chi connectivity index (χ3v) is 3.57. The highest BCUT2D eigenvalue weighted by atomic mass is 35.5. The van der Waals surface area contributed by atoms with E-state index in [2.05, 4.69) is 10.2 Å². The molecule has 2 nitrogen and oxygen atoms in total. The van der Waals surface area contributed by atoms with Crippen LogP contribution in [0.5, 0.6) is 0 Å². The summed E-state index contributed by atoms with van der Waals surface area (Å²) in [7, 11) is 0. The number of benzene rings is 1. The van der Waals surface area contributed by atoms with Crippen molar-refractivity contribution in [2.75, 3.05) is 24.5 Å². The topological polar surface area (TPSA) is 15.3 Å². The molecule has 4 heteroatoms. The zero-order chi connectivity index (χ0) is 10.4. The Morgan fingerprint density at radius 2 is 2.27 bits per heavy atom. The number of nitrogens with zero attached hydrogens (tertiary/aromatic N) is 1. The van der Waals surface area contributed by atoms with Gasteiger partial charge in [0.1, 0.15) is 5.82 Å². The van der Waals surface area contributed by atoms with Crippen molar-refractivity contribution in [2.45, 2.75) is 6.04 Å². The van der Waals surface area contributed by atoms with Crippen molar-refractivity contribution in [3.05, 3.63) is 29.0 Å². The highest BCUT2D eigenvalue weighted by molar-refractivity contribution is 6.30. The summed E-state index contributed by atoms with van der Waals surface area (Å²) in [6, 6.07) is 5.45. The van der Waals surface area contributed by atoms with E-state index in [0.717, 1.165) is 19.6 Å². The van der Waals surface area contributed by atoms with Crippen LogP contribution in [0.15, 0.2) is 18.2 Å². The minimum atomic E-state index is -0.219. The average Bonchev–Trinajstić information content (AvgIpc) is 2.44. The summed E-state index contributed by atoms with van der Waals surface area (Å²) in [6.07, 6.45) is 0. The first-order chi connectivity index (χ1) is 7.24. The number of hydrogen-bond acceptors (Lipinski definition) is 2. The van der Waals surface area contributed by atoms with Gasteiger partial charge in [0.2, 0.25) is 0 Å². The fourth-order valence-corrected chi connectivity index (χ4v) is 2.54. The van der Waals surface area contributed by atoms with Crippen LogP contribution < -0.4 is 10.2 Å². The molecule has 0 aliphatic carbocycles. The second-order valence-corrected chi connectivity index (χ2v) is 4.71. The number of anilines is 1. The SMILES string of the molecule is Fc1cc(Cl)ccc1N1C[C@@H]2CN[C@@H]2C1. The molecule has 1 N–H and O–H groups in total. The van der Waals surface area contributed by atoms with Gasteiger partial charge in [0.15, 0.2) is 0 Å². The van der Waals surface area contributed by atoms with Gasteiger partial charge in [-0.3, -0.25) is 0 Å². The van der Waals surface area contributed by atoms with E-state index in [9.17, 15) is 4.39 Å². The van der Waals surface area contributed by atoms with Crippen LogP contribution in [-0.2, 0) is 0 Å². The molecule has 2 aliphatic heterocycles. The van der Waals surface area contributed by atoms with E-state index >= 15 is 0 Å². The van der Waals surface area contributed by atoms with E-state index in [0.29, 0.717) is 22.7 Å². The van der Waals surface area contributed by atoms with Crippen LogP contribution in [0, 0.1) is 11.7 Å². The van der Waals surface area contributed by atoms with Crippen LogP contribution in [0.3, 0.4) is 0 Å². The van der Waals surface area contributed by atoms with E-state index in [1.165, 1.54) is 6.07 Å². The maximum Gasteiger partial charge on any atom is 0.147 e. The molecule has 0 unspecified atom stereocenters. The molecule has 2 fully saturated rings. The normalized spacial score (nSPS) is 28.8. The average molecular weight is 227 g/mol. The van der Waals surface area contributed by atoms with E-state index in [1.54, 1.807) is 12.1 Å². The zero-order valence-corrected chi connectivity index (χ0v) is 8.97. The molecule has 1 aromatic carbocycles. The lowest BCUT2D eigenvalue weighted by atomic mass is 9.96. The first kappa shape index (κ1) is 9.43. The maximum absolute atomic E-state index is 13.6. The zero-order valence-electron chi connectivity index (χ0n) is 8.21. The molecule has 2 aliphatic rings. The number of nitrogens with one attached hydrogen (secondary N) is 1. The van der Waals surface area contributed by atoms with Crippen LogP contribution >= 0.6 is 11.6 Å². The molecule has 0 amide bonds. The predicted molar refractivity (Wildman–Crippen MR) is 58.9 cm³/mol. The third kappa shape index (κ3) is 1.50. The Bertz CT molecular complexity index is 384. The van der Waals surface area contributed by atoms with Crippen molar-refractivity contribution in [3.8, 4) is 0 Å². The largest absolute Gasteiger partial charge is 0.367 e. The summed E-state index contributed by atoms with van der Waals surface area (Å²) in [6.45, 7) is 2.93. The highest BCUT2D eigenvalue weighted by Crippen LogP contribution is 2.30. The standard InChI is InChI=1S/C11H12ClFN2/c12-8-1-2-11(9(13)3-8)15-5-7-4-14-10(7)6-15/h1-3,7,10,14H,4-6H2/t7-,10+/m0/s1. The van der Waals surface area contributed by atoms with Gasteiger partial charge in [-0.1, -0.05) is 11.6 Å². The van der Waals surface area contributed by atoms with Crippen LogP contribution in [-0.4, -0.2) is 25.7 Å². The maximum atomic E-state index is 13.6. The molecule has 0 radical (unpaired) electrons. The lowest BCUT2D eigenvalue weighted by molar-refractivity contribution is 0.297. The van der Waals surface area contributed by atoms with Crippen molar-refractivity contribution in [2.24, 2.45) is 5.92 Å². The summed E-state index contributed by atoms with van der Waals surface area (Å²) in [4.78, 5) is 2.10. The van der Waals surface area contributed by atoms with Gasteiger partial charge in [-0.05, 0) is 18.2 Å². The smallest absolute Gasteiger partial charge is 0.147 e. The Balaban J connectivity index is 1.86. The quantitative estimate of drug-likeness (QED) is 0.787. The van der Waals surface area contributed by atoms with Crippen LogP contribution in [0.1, 0.15) is 0 Å². The first-order valence-corrected chi connectivity index (χ1v) is 5.55. The van der Waals surface area contributed by atoms with E-state index in [1.807, 2.05) is 0 Å².